The number of amides is 3. The van der Waals surface area contributed by atoms with E-state index in [9.17, 15) is 9.59 Å². The molecule has 2 heterocycles. The molecule has 1 saturated heterocycles. The van der Waals surface area contributed by atoms with Crippen molar-refractivity contribution in [1.82, 2.24) is 9.88 Å². The number of thiazole rings is 1. The van der Waals surface area contributed by atoms with Crippen LogP contribution in [0.1, 0.15) is 34.6 Å². The van der Waals surface area contributed by atoms with Crippen molar-refractivity contribution in [2.24, 2.45) is 0 Å². The number of para-hydroxylation sites is 1. The van der Waals surface area contributed by atoms with Gasteiger partial charge in [0, 0.05) is 18.8 Å². The van der Waals surface area contributed by atoms with Gasteiger partial charge in [-0.25, -0.2) is 9.78 Å². The lowest BCUT2D eigenvalue weighted by atomic mass is 10.1. The predicted molar refractivity (Wildman–Crippen MR) is 95.7 cm³/mol. The van der Waals surface area contributed by atoms with Gasteiger partial charge < -0.3 is 10.2 Å². The molecule has 1 aromatic heterocycles. The fraction of sp³-hybridized carbons (Fsp3) is 0.353. The van der Waals surface area contributed by atoms with Crippen LogP contribution in [-0.4, -0.2) is 34.9 Å². The molecule has 7 heteroatoms. The minimum absolute atomic E-state index is 0.0150. The van der Waals surface area contributed by atoms with E-state index in [4.69, 9.17) is 0 Å². The number of nitrogens with zero attached hydrogens (tertiary/aromatic N) is 2. The van der Waals surface area contributed by atoms with Crippen molar-refractivity contribution < 1.29 is 9.59 Å². The van der Waals surface area contributed by atoms with Crippen molar-refractivity contribution in [3.63, 3.8) is 0 Å². The van der Waals surface area contributed by atoms with Gasteiger partial charge in [0.05, 0.1) is 5.69 Å². The van der Waals surface area contributed by atoms with Gasteiger partial charge in [0.2, 0.25) is 0 Å². The Labute approximate surface area is 144 Å². The number of rotatable bonds is 3. The molecule has 24 heavy (non-hydrogen) atoms. The highest BCUT2D eigenvalue weighted by Crippen LogP contribution is 2.25. The smallest absolute Gasteiger partial charge is 0.325 e. The van der Waals surface area contributed by atoms with E-state index in [1.54, 1.807) is 19.1 Å². The summed E-state index contributed by atoms with van der Waals surface area (Å²) in [6, 6.07) is 8.81. The summed E-state index contributed by atoms with van der Waals surface area (Å²) in [6.45, 7) is 3.40. The molecule has 3 amide bonds. The third-order valence-electron chi connectivity index (χ3n) is 3.89. The molecule has 1 aliphatic rings. The van der Waals surface area contributed by atoms with Crippen LogP contribution in [0.5, 0.6) is 0 Å². The second-order valence-corrected chi connectivity index (χ2v) is 6.73. The van der Waals surface area contributed by atoms with Crippen molar-refractivity contribution in [3.05, 3.63) is 40.9 Å². The first-order valence-corrected chi connectivity index (χ1v) is 8.85. The van der Waals surface area contributed by atoms with Crippen LogP contribution in [0.4, 0.5) is 15.6 Å². The minimum atomic E-state index is -0.369. The first-order valence-electron chi connectivity index (χ1n) is 8.03. The summed E-state index contributed by atoms with van der Waals surface area (Å²) in [5.74, 6) is 0.0150. The average molecular weight is 344 g/mol. The normalized spacial score (nSPS) is 14.3. The van der Waals surface area contributed by atoms with Crippen molar-refractivity contribution in [1.29, 1.82) is 0 Å². The molecule has 0 atom stereocenters. The first-order chi connectivity index (χ1) is 11.6. The lowest BCUT2D eigenvalue weighted by molar-refractivity contribution is 0.0728. The number of hydrogen-bond acceptors (Lipinski definition) is 4. The minimum Gasteiger partial charge on any atom is -0.338 e. The van der Waals surface area contributed by atoms with Crippen LogP contribution in [0.3, 0.4) is 0 Å². The quantitative estimate of drug-likeness (QED) is 0.891. The standard InChI is InChI=1S/C17H20N4O2S/c1-12-14(15(22)21-10-6-3-7-11-21)24-17(18-12)20-16(23)19-13-8-4-2-5-9-13/h2,4-5,8-9H,3,6-7,10-11H2,1H3,(H2,18,19,20,23). The summed E-state index contributed by atoms with van der Waals surface area (Å²) < 4.78 is 0. The van der Waals surface area contributed by atoms with E-state index in [0.717, 1.165) is 25.9 Å². The molecular formula is C17H20N4O2S. The third-order valence-corrected chi connectivity index (χ3v) is 4.95. The Morgan fingerprint density at radius 2 is 1.79 bits per heavy atom. The summed E-state index contributed by atoms with van der Waals surface area (Å²) in [5.41, 5.74) is 1.36. The van der Waals surface area contributed by atoms with E-state index < -0.39 is 0 Å². The molecule has 1 fully saturated rings. The van der Waals surface area contributed by atoms with E-state index in [1.807, 2.05) is 23.1 Å². The Balaban J connectivity index is 1.65. The molecule has 2 aromatic rings. The summed E-state index contributed by atoms with van der Waals surface area (Å²) in [4.78, 5) is 31.4. The van der Waals surface area contributed by atoms with Gasteiger partial charge in [-0.3, -0.25) is 10.1 Å². The molecule has 0 spiro atoms. The topological polar surface area (TPSA) is 74.3 Å². The van der Waals surface area contributed by atoms with Crippen molar-refractivity contribution >= 4 is 34.1 Å². The lowest BCUT2D eigenvalue weighted by Gasteiger charge is -2.26. The number of carbonyl (C=O) groups is 2. The third kappa shape index (κ3) is 3.91. The zero-order valence-electron chi connectivity index (χ0n) is 13.5. The SMILES string of the molecule is Cc1nc(NC(=O)Nc2ccccc2)sc1C(=O)N1CCCCC1. The van der Waals surface area contributed by atoms with Crippen LogP contribution >= 0.6 is 11.3 Å². The zero-order chi connectivity index (χ0) is 16.9. The van der Waals surface area contributed by atoms with Crippen LogP contribution in [0.2, 0.25) is 0 Å². The monoisotopic (exact) mass is 344 g/mol. The Morgan fingerprint density at radius 3 is 2.50 bits per heavy atom. The molecular weight excluding hydrogens is 324 g/mol. The molecule has 1 aliphatic heterocycles. The van der Waals surface area contributed by atoms with Gasteiger partial charge in [-0.2, -0.15) is 0 Å². The number of carbonyl (C=O) groups excluding carboxylic acids is 2. The zero-order valence-corrected chi connectivity index (χ0v) is 14.4. The van der Waals surface area contributed by atoms with Crippen LogP contribution in [0.25, 0.3) is 0 Å². The highest BCUT2D eigenvalue weighted by atomic mass is 32.1. The Bertz CT molecular complexity index is 723. The number of piperidine rings is 1. The second-order valence-electron chi connectivity index (χ2n) is 5.73. The Morgan fingerprint density at radius 1 is 1.08 bits per heavy atom. The molecule has 6 nitrogen and oxygen atoms in total. The van der Waals surface area contributed by atoms with E-state index in [2.05, 4.69) is 15.6 Å². The van der Waals surface area contributed by atoms with E-state index in [-0.39, 0.29) is 11.9 Å². The molecule has 0 radical (unpaired) electrons. The summed E-state index contributed by atoms with van der Waals surface area (Å²) in [7, 11) is 0. The van der Waals surface area contributed by atoms with Crippen molar-refractivity contribution in [2.75, 3.05) is 23.7 Å². The summed E-state index contributed by atoms with van der Waals surface area (Å²) in [6.07, 6.45) is 3.28. The van der Waals surface area contributed by atoms with Crippen LogP contribution in [0.15, 0.2) is 30.3 Å². The molecule has 2 N–H and O–H groups in total. The number of nitrogens with one attached hydrogen (secondary N) is 2. The molecule has 0 bridgehead atoms. The molecule has 126 valence electrons. The van der Waals surface area contributed by atoms with Crippen LogP contribution < -0.4 is 10.6 Å². The summed E-state index contributed by atoms with van der Waals surface area (Å²) in [5, 5.41) is 5.86. The molecule has 0 aliphatic carbocycles. The second kappa shape index (κ2) is 7.44. The van der Waals surface area contributed by atoms with Gasteiger partial charge in [0.25, 0.3) is 5.91 Å². The number of benzene rings is 1. The highest BCUT2D eigenvalue weighted by molar-refractivity contribution is 7.17. The van der Waals surface area contributed by atoms with Gasteiger partial charge in [0.1, 0.15) is 4.88 Å². The van der Waals surface area contributed by atoms with Gasteiger partial charge in [-0.15, -0.1) is 0 Å². The number of aryl methyl sites for hydroxylation is 1. The van der Waals surface area contributed by atoms with Gasteiger partial charge in [0.15, 0.2) is 5.13 Å². The average Bonchev–Trinajstić information content (AvgIpc) is 2.96. The molecule has 0 unspecified atom stereocenters. The van der Waals surface area contributed by atoms with Crippen LogP contribution in [0, 0.1) is 6.92 Å². The fourth-order valence-corrected chi connectivity index (χ4v) is 3.60. The van der Waals surface area contributed by atoms with Crippen molar-refractivity contribution in [3.8, 4) is 0 Å². The van der Waals surface area contributed by atoms with Crippen molar-refractivity contribution in [2.45, 2.75) is 26.2 Å². The largest absolute Gasteiger partial charge is 0.338 e. The van der Waals surface area contributed by atoms with E-state index in [0.29, 0.717) is 21.4 Å². The maximum atomic E-state index is 12.6. The first kappa shape index (κ1) is 16.4. The molecule has 1 aromatic carbocycles. The van der Waals surface area contributed by atoms with Gasteiger partial charge >= 0.3 is 6.03 Å². The number of urea groups is 1. The summed E-state index contributed by atoms with van der Waals surface area (Å²) >= 11 is 1.23. The lowest BCUT2D eigenvalue weighted by Crippen LogP contribution is -2.35. The Hall–Kier alpha value is -2.41. The van der Waals surface area contributed by atoms with E-state index in [1.165, 1.54) is 17.8 Å². The predicted octanol–water partition coefficient (Wildman–Crippen LogP) is 3.72. The highest BCUT2D eigenvalue weighted by Gasteiger charge is 2.23. The fourth-order valence-electron chi connectivity index (χ4n) is 2.67. The Kier molecular flexibility index (Phi) is 5.10. The number of aromatic nitrogens is 1. The van der Waals surface area contributed by atoms with E-state index >= 15 is 0 Å². The number of hydrogen-bond donors (Lipinski definition) is 2. The number of likely N-dealkylation sites (tertiary alicyclic amines) is 1. The molecule has 0 saturated carbocycles. The maximum absolute atomic E-state index is 12.6. The number of anilines is 2. The van der Waals surface area contributed by atoms with Gasteiger partial charge in [-0.05, 0) is 38.3 Å². The molecule has 3 rings (SSSR count). The maximum Gasteiger partial charge on any atom is 0.325 e. The van der Waals surface area contributed by atoms with Crippen LogP contribution in [-0.2, 0) is 0 Å². The van der Waals surface area contributed by atoms with Gasteiger partial charge in [-0.1, -0.05) is 29.5 Å².